The van der Waals surface area contributed by atoms with Gasteiger partial charge in [0.05, 0.1) is 0 Å². The molecule has 1 atom stereocenters. The van der Waals surface area contributed by atoms with Crippen LogP contribution in [0.2, 0.25) is 0 Å². The maximum absolute atomic E-state index is 13.2. The molecular weight excluding hydrogens is 327 g/mol. The summed E-state index contributed by atoms with van der Waals surface area (Å²) in [5.74, 6) is -0.161. The summed E-state index contributed by atoms with van der Waals surface area (Å²) in [6, 6.07) is 4.22. The van der Waals surface area contributed by atoms with Gasteiger partial charge in [-0.25, -0.2) is 9.18 Å². The third-order valence-corrected chi connectivity index (χ3v) is 4.28. The van der Waals surface area contributed by atoms with E-state index in [9.17, 15) is 9.18 Å². The Labute approximate surface area is 126 Å². The second kappa shape index (κ2) is 7.04. The van der Waals surface area contributed by atoms with Crippen molar-refractivity contribution in [2.24, 2.45) is 5.92 Å². The van der Waals surface area contributed by atoms with Crippen LogP contribution in [0.15, 0.2) is 22.7 Å². The van der Waals surface area contributed by atoms with Crippen LogP contribution in [-0.2, 0) is 6.54 Å². The lowest BCUT2D eigenvalue weighted by Gasteiger charge is -2.31. The first-order valence-corrected chi connectivity index (χ1v) is 7.47. The van der Waals surface area contributed by atoms with Gasteiger partial charge in [-0.2, -0.15) is 0 Å². The number of nitrogens with zero attached hydrogens (tertiary/aromatic N) is 1. The molecule has 2 N–H and O–H groups in total. The maximum Gasteiger partial charge on any atom is 0.317 e. The molecule has 4 nitrogen and oxygen atoms in total. The van der Waals surface area contributed by atoms with Crippen LogP contribution in [0.1, 0.15) is 18.4 Å². The Morgan fingerprint density at radius 1 is 1.55 bits per heavy atom. The van der Waals surface area contributed by atoms with Crippen molar-refractivity contribution >= 4 is 22.0 Å². The molecule has 20 heavy (non-hydrogen) atoms. The Bertz CT molecular complexity index is 484. The van der Waals surface area contributed by atoms with Gasteiger partial charge in [0.15, 0.2) is 0 Å². The minimum atomic E-state index is -0.323. The van der Waals surface area contributed by atoms with E-state index >= 15 is 0 Å². The molecule has 0 saturated carbocycles. The smallest absolute Gasteiger partial charge is 0.317 e. The van der Waals surface area contributed by atoms with E-state index in [0.717, 1.165) is 17.3 Å². The number of rotatable bonds is 3. The third-order valence-electron chi connectivity index (χ3n) is 3.50. The number of benzene rings is 1. The fraction of sp³-hybridized carbons (Fsp3) is 0.500. The van der Waals surface area contributed by atoms with Crippen molar-refractivity contribution in [3.63, 3.8) is 0 Å². The first-order valence-electron chi connectivity index (χ1n) is 6.67. The standard InChI is InChI=1S/C14H18BrFN2O2/c15-13-4-3-12(16)6-11(13)7-17-14(20)18-5-1-2-10(8-18)9-19/h3-4,6,10,19H,1-2,5,7-9H2,(H,17,20)/t10-/m0/s1. The van der Waals surface area contributed by atoms with Crippen molar-refractivity contribution in [1.29, 1.82) is 0 Å². The van der Waals surface area contributed by atoms with Crippen molar-refractivity contribution in [1.82, 2.24) is 10.2 Å². The van der Waals surface area contributed by atoms with Crippen molar-refractivity contribution in [3.8, 4) is 0 Å². The summed E-state index contributed by atoms with van der Waals surface area (Å²) in [5, 5.41) is 11.9. The molecule has 0 unspecified atom stereocenters. The molecule has 110 valence electrons. The molecule has 1 saturated heterocycles. The van der Waals surface area contributed by atoms with E-state index in [-0.39, 0.29) is 30.9 Å². The molecule has 1 aromatic rings. The van der Waals surface area contributed by atoms with Crippen molar-refractivity contribution in [2.75, 3.05) is 19.7 Å². The number of nitrogens with one attached hydrogen (secondary N) is 1. The van der Waals surface area contributed by atoms with Crippen LogP contribution in [0, 0.1) is 11.7 Å². The molecular formula is C14H18BrFN2O2. The Kier molecular flexibility index (Phi) is 5.37. The normalized spacial score (nSPS) is 18.9. The van der Waals surface area contributed by atoms with E-state index in [1.807, 2.05) is 0 Å². The Morgan fingerprint density at radius 3 is 3.10 bits per heavy atom. The molecule has 2 amide bonds. The summed E-state index contributed by atoms with van der Waals surface area (Å²) >= 11 is 3.33. The van der Waals surface area contributed by atoms with Gasteiger partial charge in [0, 0.05) is 30.7 Å². The first kappa shape index (κ1) is 15.3. The van der Waals surface area contributed by atoms with E-state index in [2.05, 4.69) is 21.2 Å². The second-order valence-electron chi connectivity index (χ2n) is 5.03. The van der Waals surface area contributed by atoms with Gasteiger partial charge in [-0.15, -0.1) is 0 Å². The number of aliphatic hydroxyl groups excluding tert-OH is 1. The van der Waals surface area contributed by atoms with Gasteiger partial charge in [0.1, 0.15) is 5.82 Å². The summed E-state index contributed by atoms with van der Waals surface area (Å²) in [5.41, 5.74) is 0.703. The van der Waals surface area contributed by atoms with Crippen molar-refractivity contribution in [2.45, 2.75) is 19.4 Å². The van der Waals surface area contributed by atoms with Gasteiger partial charge >= 0.3 is 6.03 Å². The average molecular weight is 345 g/mol. The molecule has 2 rings (SSSR count). The molecule has 1 aliphatic rings. The summed E-state index contributed by atoms with van der Waals surface area (Å²) < 4.78 is 13.9. The summed E-state index contributed by atoms with van der Waals surface area (Å²) in [4.78, 5) is 13.8. The van der Waals surface area contributed by atoms with Gasteiger partial charge in [-0.3, -0.25) is 0 Å². The van der Waals surface area contributed by atoms with E-state index in [1.54, 1.807) is 11.0 Å². The molecule has 0 aromatic heterocycles. The highest BCUT2D eigenvalue weighted by atomic mass is 79.9. The summed E-state index contributed by atoms with van der Waals surface area (Å²) in [6.07, 6.45) is 1.86. The number of amides is 2. The molecule has 0 spiro atoms. The number of piperidine rings is 1. The largest absolute Gasteiger partial charge is 0.396 e. The van der Waals surface area contributed by atoms with Crippen LogP contribution in [0.4, 0.5) is 9.18 Å². The van der Waals surface area contributed by atoms with Crippen LogP contribution in [-0.4, -0.2) is 35.7 Å². The lowest BCUT2D eigenvalue weighted by Crippen LogP contribution is -2.45. The molecule has 0 radical (unpaired) electrons. The second-order valence-corrected chi connectivity index (χ2v) is 5.89. The predicted molar refractivity (Wildman–Crippen MR) is 77.7 cm³/mol. The Hall–Kier alpha value is -1.14. The highest BCUT2D eigenvalue weighted by molar-refractivity contribution is 9.10. The molecule has 0 bridgehead atoms. The van der Waals surface area contributed by atoms with Gasteiger partial charge in [0.2, 0.25) is 0 Å². The molecule has 1 aromatic carbocycles. The minimum Gasteiger partial charge on any atom is -0.396 e. The third kappa shape index (κ3) is 3.93. The van der Waals surface area contributed by atoms with Crippen LogP contribution in [0.3, 0.4) is 0 Å². The topological polar surface area (TPSA) is 52.6 Å². The van der Waals surface area contributed by atoms with Gasteiger partial charge in [-0.05, 0) is 42.5 Å². The lowest BCUT2D eigenvalue weighted by molar-refractivity contribution is 0.129. The SMILES string of the molecule is O=C(NCc1cc(F)ccc1Br)N1CCC[C@H](CO)C1. The zero-order chi connectivity index (χ0) is 14.5. The number of aliphatic hydroxyl groups is 1. The van der Waals surface area contributed by atoms with Crippen LogP contribution >= 0.6 is 15.9 Å². The van der Waals surface area contributed by atoms with Gasteiger partial charge < -0.3 is 15.3 Å². The minimum absolute atomic E-state index is 0.110. The number of urea groups is 1. The molecule has 0 aliphatic carbocycles. The number of hydrogen-bond acceptors (Lipinski definition) is 2. The monoisotopic (exact) mass is 344 g/mol. The van der Waals surface area contributed by atoms with E-state index in [1.165, 1.54) is 12.1 Å². The van der Waals surface area contributed by atoms with Crippen LogP contribution in [0.25, 0.3) is 0 Å². The lowest BCUT2D eigenvalue weighted by atomic mass is 9.99. The number of hydrogen-bond donors (Lipinski definition) is 2. The fourth-order valence-electron chi connectivity index (χ4n) is 2.36. The number of likely N-dealkylation sites (tertiary alicyclic amines) is 1. The molecule has 1 aliphatic heterocycles. The quantitative estimate of drug-likeness (QED) is 0.885. The number of carbonyl (C=O) groups is 1. The van der Waals surface area contributed by atoms with E-state index in [4.69, 9.17) is 5.11 Å². The summed E-state index contributed by atoms with van der Waals surface area (Å²) in [7, 11) is 0. The van der Waals surface area contributed by atoms with E-state index in [0.29, 0.717) is 18.7 Å². The van der Waals surface area contributed by atoms with Crippen molar-refractivity contribution in [3.05, 3.63) is 34.1 Å². The maximum atomic E-state index is 13.2. The number of carbonyl (C=O) groups excluding carboxylic acids is 1. The molecule has 1 heterocycles. The van der Waals surface area contributed by atoms with Gasteiger partial charge in [0.25, 0.3) is 0 Å². The number of halogens is 2. The molecule has 6 heteroatoms. The average Bonchev–Trinajstić information content (AvgIpc) is 2.48. The predicted octanol–water partition coefficient (Wildman–Crippen LogP) is 2.50. The first-order chi connectivity index (χ1) is 9.60. The Balaban J connectivity index is 1.90. The van der Waals surface area contributed by atoms with E-state index < -0.39 is 0 Å². The van der Waals surface area contributed by atoms with Crippen LogP contribution in [0.5, 0.6) is 0 Å². The van der Waals surface area contributed by atoms with Crippen molar-refractivity contribution < 1.29 is 14.3 Å². The zero-order valence-electron chi connectivity index (χ0n) is 11.1. The van der Waals surface area contributed by atoms with Crippen LogP contribution < -0.4 is 5.32 Å². The zero-order valence-corrected chi connectivity index (χ0v) is 12.7. The highest BCUT2D eigenvalue weighted by Crippen LogP contribution is 2.18. The molecule has 1 fully saturated rings. The fourth-order valence-corrected chi connectivity index (χ4v) is 2.75. The summed E-state index contributed by atoms with van der Waals surface area (Å²) in [6.45, 7) is 1.66. The van der Waals surface area contributed by atoms with Gasteiger partial charge in [-0.1, -0.05) is 15.9 Å². The Morgan fingerprint density at radius 2 is 2.35 bits per heavy atom. The highest BCUT2D eigenvalue weighted by Gasteiger charge is 2.22.